The summed E-state index contributed by atoms with van der Waals surface area (Å²) in [5.74, 6) is 0.432. The van der Waals surface area contributed by atoms with E-state index in [4.69, 9.17) is 16.3 Å². The Morgan fingerprint density at radius 1 is 1.00 bits per heavy atom. The molecule has 1 heterocycles. The molecule has 6 heteroatoms. The minimum atomic E-state index is -0.677. The van der Waals surface area contributed by atoms with Gasteiger partial charge in [0.2, 0.25) is 5.91 Å². The van der Waals surface area contributed by atoms with Crippen molar-refractivity contribution in [1.29, 1.82) is 0 Å². The molecule has 2 amide bonds. The first-order chi connectivity index (χ1) is 15.9. The van der Waals surface area contributed by atoms with E-state index < -0.39 is 6.10 Å². The van der Waals surface area contributed by atoms with Crippen molar-refractivity contribution < 1.29 is 14.3 Å². The normalized spacial score (nSPS) is 17.4. The summed E-state index contributed by atoms with van der Waals surface area (Å²) in [6.45, 7) is 4.50. The highest BCUT2D eigenvalue weighted by molar-refractivity contribution is 6.30. The molecular formula is C27H27ClN2O3. The molecule has 0 bridgehead atoms. The summed E-state index contributed by atoms with van der Waals surface area (Å²) in [5, 5.41) is 0.601. The Morgan fingerprint density at radius 2 is 1.67 bits per heavy atom. The highest BCUT2D eigenvalue weighted by Crippen LogP contribution is 2.34. The SMILES string of the molecule is CC(=O)N(CCc1ccccc1)C[C@H]1[C@H](Oc2ccc(Cl)cc2)C(=O)N1c1ccccc1C. The zero-order chi connectivity index (χ0) is 23.4. The van der Waals surface area contributed by atoms with E-state index >= 15 is 0 Å². The number of hydrogen-bond donors (Lipinski definition) is 0. The van der Waals surface area contributed by atoms with Gasteiger partial charge in [-0.2, -0.15) is 0 Å². The van der Waals surface area contributed by atoms with E-state index in [-0.39, 0.29) is 17.9 Å². The van der Waals surface area contributed by atoms with Crippen LogP contribution in [0.2, 0.25) is 5.02 Å². The summed E-state index contributed by atoms with van der Waals surface area (Å²) >= 11 is 5.99. The molecule has 3 aromatic carbocycles. The second kappa shape index (κ2) is 10.1. The van der Waals surface area contributed by atoms with Gasteiger partial charge < -0.3 is 9.64 Å². The number of para-hydroxylation sites is 1. The fraction of sp³-hybridized carbons (Fsp3) is 0.259. The summed E-state index contributed by atoms with van der Waals surface area (Å²) in [6.07, 6.45) is 0.0677. The summed E-state index contributed by atoms with van der Waals surface area (Å²) in [5.41, 5.74) is 3.01. The highest BCUT2D eigenvalue weighted by Gasteiger charge is 2.51. The minimum Gasteiger partial charge on any atom is -0.478 e. The van der Waals surface area contributed by atoms with Gasteiger partial charge in [0.25, 0.3) is 5.91 Å². The molecule has 0 saturated carbocycles. The van der Waals surface area contributed by atoms with Crippen molar-refractivity contribution in [2.75, 3.05) is 18.0 Å². The van der Waals surface area contributed by atoms with Crippen molar-refractivity contribution >= 4 is 29.1 Å². The average molecular weight is 463 g/mol. The maximum atomic E-state index is 13.2. The van der Waals surface area contributed by atoms with Crippen molar-refractivity contribution in [3.8, 4) is 5.75 Å². The molecule has 3 aromatic rings. The second-order valence-electron chi connectivity index (χ2n) is 8.26. The fourth-order valence-electron chi connectivity index (χ4n) is 4.13. The predicted octanol–water partition coefficient (Wildman–Crippen LogP) is 4.90. The number of amides is 2. The number of nitrogens with zero attached hydrogens (tertiary/aromatic N) is 2. The lowest BCUT2D eigenvalue weighted by Gasteiger charge is -2.48. The highest BCUT2D eigenvalue weighted by atomic mass is 35.5. The first-order valence-electron chi connectivity index (χ1n) is 11.0. The van der Waals surface area contributed by atoms with E-state index in [1.54, 1.807) is 41.0 Å². The Balaban J connectivity index is 1.56. The number of carbonyl (C=O) groups excluding carboxylic acids is 2. The number of halogens is 1. The number of carbonyl (C=O) groups is 2. The molecule has 2 atom stereocenters. The van der Waals surface area contributed by atoms with Crippen molar-refractivity contribution in [3.05, 3.63) is 95.0 Å². The molecule has 0 aromatic heterocycles. The van der Waals surface area contributed by atoms with Gasteiger partial charge in [0.05, 0.1) is 0 Å². The number of benzene rings is 3. The van der Waals surface area contributed by atoms with Gasteiger partial charge in [-0.3, -0.25) is 14.5 Å². The van der Waals surface area contributed by atoms with Crippen LogP contribution in [-0.4, -0.2) is 41.9 Å². The number of ether oxygens (including phenoxy) is 1. The molecule has 4 rings (SSSR count). The zero-order valence-corrected chi connectivity index (χ0v) is 19.5. The number of β-lactam (4-membered cyclic amide) rings is 1. The Hall–Kier alpha value is -3.31. The fourth-order valence-corrected chi connectivity index (χ4v) is 4.25. The summed E-state index contributed by atoms with van der Waals surface area (Å²) < 4.78 is 6.08. The maximum absolute atomic E-state index is 13.2. The smallest absolute Gasteiger partial charge is 0.270 e. The summed E-state index contributed by atoms with van der Waals surface area (Å²) in [4.78, 5) is 29.3. The molecule has 5 nitrogen and oxygen atoms in total. The molecule has 0 radical (unpaired) electrons. The van der Waals surface area contributed by atoms with Crippen LogP contribution in [0.1, 0.15) is 18.1 Å². The van der Waals surface area contributed by atoms with Gasteiger partial charge in [-0.15, -0.1) is 0 Å². The van der Waals surface area contributed by atoms with Gasteiger partial charge in [0.1, 0.15) is 11.8 Å². The first-order valence-corrected chi connectivity index (χ1v) is 11.4. The van der Waals surface area contributed by atoms with Crippen LogP contribution in [0.15, 0.2) is 78.9 Å². The van der Waals surface area contributed by atoms with E-state index in [1.165, 1.54) is 0 Å². The van der Waals surface area contributed by atoms with E-state index in [2.05, 4.69) is 12.1 Å². The standard InChI is InChI=1S/C27H27ClN2O3/c1-19-8-6-7-11-24(19)30-25(26(27(30)32)33-23-14-12-22(28)13-15-23)18-29(20(2)31)17-16-21-9-4-3-5-10-21/h3-15,25-26H,16-18H2,1-2H3/t25-,26-/m0/s1. The second-order valence-corrected chi connectivity index (χ2v) is 8.69. The van der Waals surface area contributed by atoms with Gasteiger partial charge >= 0.3 is 0 Å². The lowest BCUT2D eigenvalue weighted by Crippen LogP contribution is -2.71. The van der Waals surface area contributed by atoms with Crippen LogP contribution in [0.25, 0.3) is 0 Å². The molecule has 0 spiro atoms. The van der Waals surface area contributed by atoms with Gasteiger partial charge in [-0.05, 0) is 54.8 Å². The summed E-state index contributed by atoms with van der Waals surface area (Å²) in [7, 11) is 0. The number of anilines is 1. The van der Waals surface area contributed by atoms with E-state index in [9.17, 15) is 9.59 Å². The molecule has 0 unspecified atom stereocenters. The third-order valence-electron chi connectivity index (χ3n) is 5.98. The quantitative estimate of drug-likeness (QED) is 0.447. The van der Waals surface area contributed by atoms with Gasteiger partial charge in [-0.1, -0.05) is 60.1 Å². The third kappa shape index (κ3) is 5.20. The predicted molar refractivity (Wildman–Crippen MR) is 131 cm³/mol. The van der Waals surface area contributed by atoms with Crippen LogP contribution in [0.4, 0.5) is 5.69 Å². The van der Waals surface area contributed by atoms with Crippen LogP contribution < -0.4 is 9.64 Å². The van der Waals surface area contributed by atoms with Crippen LogP contribution >= 0.6 is 11.6 Å². The van der Waals surface area contributed by atoms with Crippen LogP contribution in [-0.2, 0) is 16.0 Å². The monoisotopic (exact) mass is 462 g/mol. The molecule has 170 valence electrons. The molecule has 1 fully saturated rings. The van der Waals surface area contributed by atoms with Crippen molar-refractivity contribution in [3.63, 3.8) is 0 Å². The largest absolute Gasteiger partial charge is 0.478 e. The average Bonchev–Trinajstić information content (AvgIpc) is 2.82. The molecule has 1 saturated heterocycles. The molecule has 0 aliphatic carbocycles. The first kappa shape index (κ1) is 22.9. The van der Waals surface area contributed by atoms with E-state index in [1.807, 2.05) is 49.4 Å². The van der Waals surface area contributed by atoms with Gasteiger partial charge in [-0.25, -0.2) is 0 Å². The molecular weight excluding hydrogens is 436 g/mol. The van der Waals surface area contributed by atoms with Crippen LogP contribution in [0, 0.1) is 6.92 Å². The number of rotatable bonds is 8. The van der Waals surface area contributed by atoms with Crippen molar-refractivity contribution in [2.45, 2.75) is 32.4 Å². The Bertz CT molecular complexity index is 1120. The Labute approximate surface area is 199 Å². The van der Waals surface area contributed by atoms with Gasteiger partial charge in [0, 0.05) is 30.7 Å². The Morgan fingerprint density at radius 3 is 2.33 bits per heavy atom. The van der Waals surface area contributed by atoms with Crippen molar-refractivity contribution in [1.82, 2.24) is 4.90 Å². The van der Waals surface area contributed by atoms with E-state index in [0.29, 0.717) is 23.9 Å². The van der Waals surface area contributed by atoms with Crippen molar-refractivity contribution in [2.24, 2.45) is 0 Å². The van der Waals surface area contributed by atoms with E-state index in [0.717, 1.165) is 23.2 Å². The number of aryl methyl sites for hydroxylation is 1. The molecule has 33 heavy (non-hydrogen) atoms. The van der Waals surface area contributed by atoms with Gasteiger partial charge in [0.15, 0.2) is 6.10 Å². The Kier molecular flexibility index (Phi) is 6.99. The maximum Gasteiger partial charge on any atom is 0.270 e. The number of hydrogen-bond acceptors (Lipinski definition) is 3. The molecule has 0 N–H and O–H groups in total. The van der Waals surface area contributed by atoms with Crippen LogP contribution in [0.5, 0.6) is 5.75 Å². The minimum absolute atomic E-state index is 0.0275. The molecule has 1 aliphatic heterocycles. The topological polar surface area (TPSA) is 49.9 Å². The zero-order valence-electron chi connectivity index (χ0n) is 18.8. The van der Waals surface area contributed by atoms with Crippen LogP contribution in [0.3, 0.4) is 0 Å². The lowest BCUT2D eigenvalue weighted by molar-refractivity contribution is -0.138. The summed E-state index contributed by atoms with van der Waals surface area (Å²) in [6, 6.07) is 24.5. The lowest BCUT2D eigenvalue weighted by atomic mass is 9.94. The molecule has 1 aliphatic rings. The third-order valence-corrected chi connectivity index (χ3v) is 6.23.